The van der Waals surface area contributed by atoms with Gasteiger partial charge in [-0.3, -0.25) is 4.79 Å². The zero-order valence-corrected chi connectivity index (χ0v) is 13.9. The minimum Gasteiger partial charge on any atom is -0.466 e. The van der Waals surface area contributed by atoms with Crippen molar-refractivity contribution >= 4 is 11.8 Å². The predicted octanol–water partition coefficient (Wildman–Crippen LogP) is 2.87. The summed E-state index contributed by atoms with van der Waals surface area (Å²) in [4.78, 5) is 23.4. The third-order valence-electron chi connectivity index (χ3n) is 2.74. The van der Waals surface area contributed by atoms with E-state index in [1.807, 2.05) is 41.5 Å². The summed E-state index contributed by atoms with van der Waals surface area (Å²) in [6, 6.07) is -0.211. The Kier molecular flexibility index (Phi) is 7.14. The van der Waals surface area contributed by atoms with E-state index in [4.69, 9.17) is 0 Å². The van der Waals surface area contributed by atoms with Crippen molar-refractivity contribution in [3.8, 4) is 0 Å². The molecule has 0 spiro atoms. The minimum absolute atomic E-state index is 0.127. The Bertz CT molecular complexity index is 359. The normalized spacial score (nSPS) is 14.3. The molecule has 0 unspecified atom stereocenters. The van der Waals surface area contributed by atoms with E-state index in [2.05, 4.69) is 10.1 Å². The van der Waals surface area contributed by atoms with Gasteiger partial charge in [0.05, 0.1) is 13.2 Å². The molecule has 20 heavy (non-hydrogen) atoms. The zero-order chi connectivity index (χ0) is 16.0. The van der Waals surface area contributed by atoms with Crippen molar-refractivity contribution in [1.29, 1.82) is 0 Å². The van der Waals surface area contributed by atoms with Crippen LogP contribution in [-0.2, 0) is 14.3 Å². The van der Waals surface area contributed by atoms with E-state index < -0.39 is 0 Å². The molecule has 0 saturated heterocycles. The van der Waals surface area contributed by atoms with Gasteiger partial charge in [0.15, 0.2) is 5.78 Å². The van der Waals surface area contributed by atoms with Crippen molar-refractivity contribution in [3.05, 3.63) is 12.2 Å². The van der Waals surface area contributed by atoms with Gasteiger partial charge in [0.25, 0.3) is 0 Å². The van der Waals surface area contributed by atoms with Gasteiger partial charge in [-0.25, -0.2) is 4.79 Å². The molecule has 0 rings (SSSR count). The van der Waals surface area contributed by atoms with Crippen LogP contribution in [0, 0.1) is 5.41 Å². The van der Waals surface area contributed by atoms with Crippen LogP contribution in [0.1, 0.15) is 54.4 Å². The largest absolute Gasteiger partial charge is 0.466 e. The van der Waals surface area contributed by atoms with Crippen molar-refractivity contribution in [3.63, 3.8) is 0 Å². The first-order valence-corrected chi connectivity index (χ1v) is 7.04. The van der Waals surface area contributed by atoms with Crippen molar-refractivity contribution in [2.24, 2.45) is 5.41 Å². The molecule has 0 aromatic heterocycles. The molecule has 4 nitrogen and oxygen atoms in total. The van der Waals surface area contributed by atoms with Gasteiger partial charge < -0.3 is 10.1 Å². The van der Waals surface area contributed by atoms with E-state index in [-0.39, 0.29) is 28.7 Å². The second kappa shape index (κ2) is 7.58. The maximum Gasteiger partial charge on any atom is 0.330 e. The fraction of sp³-hybridized carbons (Fsp3) is 0.750. The Morgan fingerprint density at radius 1 is 1.15 bits per heavy atom. The number of hydrogen-bond donors (Lipinski definition) is 1. The van der Waals surface area contributed by atoms with Gasteiger partial charge in [-0.2, -0.15) is 0 Å². The molecule has 4 heteroatoms. The highest BCUT2D eigenvalue weighted by molar-refractivity contribution is 5.88. The lowest BCUT2D eigenvalue weighted by Crippen LogP contribution is -2.50. The quantitative estimate of drug-likeness (QED) is 0.601. The van der Waals surface area contributed by atoms with Gasteiger partial charge in [-0.15, -0.1) is 0 Å². The molecule has 1 atom stereocenters. The molecule has 0 aromatic carbocycles. The van der Waals surface area contributed by atoms with Crippen LogP contribution in [-0.4, -0.2) is 30.4 Å². The highest BCUT2D eigenvalue weighted by Crippen LogP contribution is 2.20. The Labute approximate surface area is 123 Å². The number of carbonyl (C=O) groups excluding carboxylic acids is 2. The summed E-state index contributed by atoms with van der Waals surface area (Å²) in [6.45, 7) is 11.9. The van der Waals surface area contributed by atoms with Crippen molar-refractivity contribution in [2.45, 2.75) is 66.0 Å². The number of nitrogens with one attached hydrogen (secondary N) is 1. The molecule has 0 bridgehead atoms. The molecule has 1 N–H and O–H groups in total. The molecular formula is C16H29NO3. The monoisotopic (exact) mass is 283 g/mol. The Balaban J connectivity index is 4.68. The van der Waals surface area contributed by atoms with E-state index in [1.54, 1.807) is 6.08 Å². The number of ether oxygens (including phenoxy) is 1. The molecule has 0 aliphatic heterocycles. The van der Waals surface area contributed by atoms with Crippen LogP contribution in [0.25, 0.3) is 0 Å². The van der Waals surface area contributed by atoms with E-state index in [9.17, 15) is 9.59 Å². The standard InChI is InChI=1S/C16H29NO3/c1-15(2,3)14(19)12(17-16(4,5)6)10-8-9-11-13(18)20-7/h9,11-12,17H,8,10H2,1-7H3/b11-9+/t12-/m0/s1. The highest BCUT2D eigenvalue weighted by Gasteiger charge is 2.31. The Hall–Kier alpha value is -1.16. The first-order valence-electron chi connectivity index (χ1n) is 7.04. The average molecular weight is 283 g/mol. The van der Waals surface area contributed by atoms with Crippen LogP contribution in [0.4, 0.5) is 0 Å². The Morgan fingerprint density at radius 3 is 2.10 bits per heavy atom. The molecule has 0 aliphatic carbocycles. The van der Waals surface area contributed by atoms with Crippen LogP contribution in [0.2, 0.25) is 0 Å². The maximum atomic E-state index is 12.4. The number of hydrogen-bond acceptors (Lipinski definition) is 4. The van der Waals surface area contributed by atoms with Crippen LogP contribution < -0.4 is 5.32 Å². The number of esters is 1. The average Bonchev–Trinajstić information content (AvgIpc) is 2.29. The first-order chi connectivity index (χ1) is 8.97. The number of Topliss-reactive ketones (excluding diaryl/α,β-unsaturated/α-hetero) is 1. The van der Waals surface area contributed by atoms with E-state index in [1.165, 1.54) is 13.2 Å². The topological polar surface area (TPSA) is 55.4 Å². The summed E-state index contributed by atoms with van der Waals surface area (Å²) < 4.78 is 4.53. The SMILES string of the molecule is COC(=O)/C=C/CC[C@H](NC(C)(C)C)C(=O)C(C)(C)C. The van der Waals surface area contributed by atoms with Crippen LogP contribution >= 0.6 is 0 Å². The number of carbonyl (C=O) groups is 2. The van der Waals surface area contributed by atoms with Crippen molar-refractivity contribution in [2.75, 3.05) is 7.11 Å². The second-order valence-electron chi connectivity index (χ2n) is 7.06. The summed E-state index contributed by atoms with van der Waals surface area (Å²) in [5.74, 6) is -0.175. The lowest BCUT2D eigenvalue weighted by Gasteiger charge is -2.31. The zero-order valence-electron chi connectivity index (χ0n) is 13.9. The van der Waals surface area contributed by atoms with Gasteiger partial charge in [0, 0.05) is 17.0 Å². The van der Waals surface area contributed by atoms with E-state index >= 15 is 0 Å². The van der Waals surface area contributed by atoms with Gasteiger partial charge >= 0.3 is 5.97 Å². The maximum absolute atomic E-state index is 12.4. The summed E-state index contributed by atoms with van der Waals surface area (Å²) in [5.41, 5.74) is -0.507. The molecule has 0 saturated carbocycles. The lowest BCUT2D eigenvalue weighted by molar-refractivity contribution is -0.134. The molecular weight excluding hydrogens is 254 g/mol. The van der Waals surface area contributed by atoms with Gasteiger partial charge in [-0.1, -0.05) is 26.8 Å². The molecule has 0 aliphatic rings. The fourth-order valence-corrected chi connectivity index (χ4v) is 1.82. The third kappa shape index (κ3) is 8.10. The van der Waals surface area contributed by atoms with E-state index in [0.29, 0.717) is 12.8 Å². The molecule has 0 radical (unpaired) electrons. The van der Waals surface area contributed by atoms with Crippen molar-refractivity contribution in [1.82, 2.24) is 5.32 Å². The third-order valence-corrected chi connectivity index (χ3v) is 2.74. The fourth-order valence-electron chi connectivity index (χ4n) is 1.82. The number of methoxy groups -OCH3 is 1. The van der Waals surface area contributed by atoms with E-state index in [0.717, 1.165) is 0 Å². The number of allylic oxidation sites excluding steroid dienone is 1. The predicted molar refractivity (Wildman–Crippen MR) is 81.5 cm³/mol. The van der Waals surface area contributed by atoms with Crippen LogP contribution in [0.15, 0.2) is 12.2 Å². The Morgan fingerprint density at radius 2 is 1.70 bits per heavy atom. The van der Waals surface area contributed by atoms with Crippen LogP contribution in [0.3, 0.4) is 0 Å². The molecule has 0 fully saturated rings. The van der Waals surface area contributed by atoms with Gasteiger partial charge in [0.1, 0.15) is 0 Å². The smallest absolute Gasteiger partial charge is 0.330 e. The summed E-state index contributed by atoms with van der Waals surface area (Å²) in [5, 5.41) is 3.37. The van der Waals surface area contributed by atoms with Crippen molar-refractivity contribution < 1.29 is 14.3 Å². The molecule has 0 heterocycles. The summed E-state index contributed by atoms with van der Waals surface area (Å²) in [7, 11) is 1.35. The van der Waals surface area contributed by atoms with Gasteiger partial charge in [0.2, 0.25) is 0 Å². The molecule has 0 aromatic rings. The summed E-state index contributed by atoms with van der Waals surface area (Å²) in [6.07, 6.45) is 4.47. The van der Waals surface area contributed by atoms with Crippen LogP contribution in [0.5, 0.6) is 0 Å². The second-order valence-corrected chi connectivity index (χ2v) is 7.06. The van der Waals surface area contributed by atoms with Gasteiger partial charge in [-0.05, 0) is 33.6 Å². The number of ketones is 1. The molecule has 0 amide bonds. The lowest BCUT2D eigenvalue weighted by atomic mass is 9.84. The first kappa shape index (κ1) is 18.8. The number of rotatable bonds is 6. The summed E-state index contributed by atoms with van der Waals surface area (Å²) >= 11 is 0. The molecule has 116 valence electrons. The minimum atomic E-state index is -0.380. The highest BCUT2D eigenvalue weighted by atomic mass is 16.5.